The Hall–Kier alpha value is -8.54. The van der Waals surface area contributed by atoms with Crippen molar-refractivity contribution in [2.24, 2.45) is 0 Å². The SMILES string of the molecule is CCC(CC)N1C(=O)c2ccc3c4c(ccc(c24)C1=O)C(=O)N(n1c(=O)c2cc4c(=O)n(N5C(=O)c6ccc7c8c(ccc(c68)C5=O)C(=O)N(C(CC)CC)C7=O)c(=O)c4cc2c1=O)C3=O. The Kier molecular flexibility index (Phi) is 8.23. The van der Waals surface area contributed by atoms with Gasteiger partial charge < -0.3 is 0 Å². The molecule has 4 aliphatic heterocycles. The summed E-state index contributed by atoms with van der Waals surface area (Å²) >= 11 is 0. The van der Waals surface area contributed by atoms with Crippen molar-refractivity contribution < 1.29 is 38.4 Å². The molecule has 6 heterocycles. The van der Waals surface area contributed by atoms with Crippen LogP contribution in [0.3, 0.4) is 0 Å². The van der Waals surface area contributed by atoms with Crippen LogP contribution < -0.4 is 32.3 Å². The molecule has 8 amide bonds. The average molecular weight is 885 g/mol. The molecule has 66 heavy (non-hydrogen) atoms. The van der Waals surface area contributed by atoms with Gasteiger partial charge in [-0.3, -0.25) is 67.3 Å². The molecule has 0 N–H and O–H groups in total. The third-order valence-corrected chi connectivity index (χ3v) is 13.7. The Morgan fingerprint density at radius 1 is 0.318 bits per heavy atom. The highest BCUT2D eigenvalue weighted by Gasteiger charge is 2.45. The fourth-order valence-electron chi connectivity index (χ4n) is 10.4. The van der Waals surface area contributed by atoms with Gasteiger partial charge in [-0.05, 0) is 86.3 Å². The first-order chi connectivity index (χ1) is 31.6. The first kappa shape index (κ1) is 40.2. The fraction of sp³-hybridized carbons (Fsp3) is 0.208. The minimum atomic E-state index is -1.22. The van der Waals surface area contributed by atoms with Crippen LogP contribution in [0.5, 0.6) is 0 Å². The number of nitrogens with zero attached hydrogens (tertiary/aromatic N) is 6. The molecule has 11 rings (SSSR count). The van der Waals surface area contributed by atoms with Crippen LogP contribution in [0.25, 0.3) is 43.1 Å². The van der Waals surface area contributed by atoms with Gasteiger partial charge in [0.2, 0.25) is 0 Å². The molecule has 4 aliphatic rings. The molecule has 18 heteroatoms. The van der Waals surface area contributed by atoms with Gasteiger partial charge in [0.25, 0.3) is 69.5 Å². The molecule has 0 bridgehead atoms. The van der Waals surface area contributed by atoms with Crippen LogP contribution in [0, 0.1) is 0 Å². The number of imide groups is 4. The number of fused-ring (bicyclic) bond motifs is 2. The van der Waals surface area contributed by atoms with E-state index in [1.807, 2.05) is 27.7 Å². The van der Waals surface area contributed by atoms with Gasteiger partial charge in [0.15, 0.2) is 0 Å². The van der Waals surface area contributed by atoms with Crippen molar-refractivity contribution in [3.63, 3.8) is 0 Å². The van der Waals surface area contributed by atoms with Crippen LogP contribution in [-0.4, -0.2) is 78.5 Å². The van der Waals surface area contributed by atoms with Crippen LogP contribution in [-0.2, 0) is 0 Å². The summed E-state index contributed by atoms with van der Waals surface area (Å²) in [5.74, 6) is -6.89. The fourth-order valence-corrected chi connectivity index (χ4v) is 10.4. The summed E-state index contributed by atoms with van der Waals surface area (Å²) in [6, 6.07) is 11.5. The molecule has 0 spiro atoms. The molecule has 5 aromatic carbocycles. The van der Waals surface area contributed by atoms with E-state index in [2.05, 4.69) is 0 Å². The third-order valence-electron chi connectivity index (χ3n) is 13.7. The summed E-state index contributed by atoms with van der Waals surface area (Å²) in [6.45, 7) is 7.38. The molecular weight excluding hydrogens is 853 g/mol. The van der Waals surface area contributed by atoms with Crippen LogP contribution in [0.2, 0.25) is 0 Å². The zero-order chi connectivity index (χ0) is 46.7. The quantitative estimate of drug-likeness (QED) is 0.199. The summed E-state index contributed by atoms with van der Waals surface area (Å²) in [5, 5.41) is -1.06. The molecule has 2 aromatic heterocycles. The zero-order valence-corrected chi connectivity index (χ0v) is 35.3. The van der Waals surface area contributed by atoms with E-state index in [-0.39, 0.29) is 75.4 Å². The van der Waals surface area contributed by atoms with E-state index >= 15 is 0 Å². The summed E-state index contributed by atoms with van der Waals surface area (Å²) in [6.07, 6.45) is 1.99. The summed E-state index contributed by atoms with van der Waals surface area (Å²) < 4.78 is 0.577. The molecule has 7 aromatic rings. The molecular formula is C48H32N6O12. The van der Waals surface area contributed by atoms with E-state index < -0.39 is 103 Å². The normalized spacial score (nSPS) is 15.8. The zero-order valence-electron chi connectivity index (χ0n) is 35.3. The number of carbonyl (C=O) groups excluding carboxylic acids is 8. The minimum Gasteiger partial charge on any atom is -0.271 e. The number of hydrogen-bond acceptors (Lipinski definition) is 12. The van der Waals surface area contributed by atoms with Crippen LogP contribution in [0.1, 0.15) is 136 Å². The van der Waals surface area contributed by atoms with Gasteiger partial charge in [0.05, 0.1) is 43.8 Å². The molecule has 0 aliphatic carbocycles. The number of aromatic nitrogens is 2. The maximum Gasteiger partial charge on any atom is 0.281 e. The Balaban J connectivity index is 1.00. The van der Waals surface area contributed by atoms with Crippen molar-refractivity contribution in [3.8, 4) is 0 Å². The molecule has 326 valence electrons. The van der Waals surface area contributed by atoms with Gasteiger partial charge in [-0.25, -0.2) is 0 Å². The maximum atomic E-state index is 14.3. The second kappa shape index (κ2) is 13.5. The lowest BCUT2D eigenvalue weighted by Crippen LogP contribution is -2.55. The van der Waals surface area contributed by atoms with Gasteiger partial charge in [0, 0.05) is 55.9 Å². The van der Waals surface area contributed by atoms with Gasteiger partial charge in [-0.1, -0.05) is 27.7 Å². The van der Waals surface area contributed by atoms with Gasteiger partial charge >= 0.3 is 0 Å². The number of benzene rings is 5. The van der Waals surface area contributed by atoms with Crippen molar-refractivity contribution in [2.45, 2.75) is 65.5 Å². The topological polar surface area (TPSA) is 228 Å². The van der Waals surface area contributed by atoms with Crippen molar-refractivity contribution >= 4 is 90.3 Å². The molecule has 18 nitrogen and oxygen atoms in total. The van der Waals surface area contributed by atoms with E-state index in [9.17, 15) is 57.5 Å². The number of amides is 8. The maximum absolute atomic E-state index is 14.3. The lowest BCUT2D eigenvalue weighted by molar-refractivity contribution is 0.0514. The van der Waals surface area contributed by atoms with E-state index in [1.54, 1.807) is 0 Å². The number of carbonyl (C=O) groups is 8. The van der Waals surface area contributed by atoms with E-state index in [1.165, 1.54) is 58.3 Å². The largest absolute Gasteiger partial charge is 0.281 e. The summed E-state index contributed by atoms with van der Waals surface area (Å²) in [5.41, 5.74) is -5.21. The smallest absolute Gasteiger partial charge is 0.271 e. The summed E-state index contributed by atoms with van der Waals surface area (Å²) in [7, 11) is 0. The van der Waals surface area contributed by atoms with Crippen molar-refractivity contribution in [1.29, 1.82) is 0 Å². The second-order valence-electron chi connectivity index (χ2n) is 16.7. The highest BCUT2D eigenvalue weighted by molar-refractivity contribution is 6.38. The molecule has 0 fully saturated rings. The highest BCUT2D eigenvalue weighted by Crippen LogP contribution is 2.40. The Labute approximate surface area is 369 Å². The van der Waals surface area contributed by atoms with E-state index in [0.717, 1.165) is 12.1 Å². The molecule has 0 radical (unpaired) electrons. The first-order valence-corrected chi connectivity index (χ1v) is 21.3. The highest BCUT2D eigenvalue weighted by atomic mass is 16.2. The average Bonchev–Trinajstić information content (AvgIpc) is 3.70. The predicted octanol–water partition coefficient (Wildman–Crippen LogP) is 3.65. The Morgan fingerprint density at radius 2 is 0.515 bits per heavy atom. The Morgan fingerprint density at radius 3 is 0.712 bits per heavy atom. The molecule has 0 saturated heterocycles. The lowest BCUT2D eigenvalue weighted by Gasteiger charge is -2.34. The second-order valence-corrected chi connectivity index (χ2v) is 16.7. The van der Waals surface area contributed by atoms with E-state index in [0.29, 0.717) is 35.7 Å². The van der Waals surface area contributed by atoms with Crippen molar-refractivity contribution in [2.75, 3.05) is 10.0 Å². The van der Waals surface area contributed by atoms with Crippen LogP contribution in [0.15, 0.2) is 79.8 Å². The molecule has 0 saturated carbocycles. The van der Waals surface area contributed by atoms with Crippen LogP contribution in [0.4, 0.5) is 0 Å². The monoisotopic (exact) mass is 884 g/mol. The minimum absolute atomic E-state index is 0.00416. The standard InChI is InChI=1S/C48H32N6O12/c1-5-19(6-2)49-37(55)21-9-13-25-35-26(14-10-22(33(21)35)38(49)56)42(60)51(41(25)59)53-45(63)29-17-31-32(18-30(29)46(53)64)48(66)54(47(31)65)52-43(61)27-15-11-23-34-24(12-16-28(36(27)34)44(52)62)40(58)50(39(23)57)20(7-3)8-4/h9-20H,5-8H2,1-4H3. The number of rotatable bonds is 8. The lowest BCUT2D eigenvalue weighted by atomic mass is 9.85. The van der Waals surface area contributed by atoms with Crippen LogP contribution >= 0.6 is 0 Å². The first-order valence-electron chi connectivity index (χ1n) is 21.3. The molecule has 0 atom stereocenters. The Bertz CT molecular complexity index is 3380. The van der Waals surface area contributed by atoms with Crippen molar-refractivity contribution in [3.05, 3.63) is 147 Å². The summed E-state index contributed by atoms with van der Waals surface area (Å²) in [4.78, 5) is 171. The molecule has 0 unspecified atom stereocenters. The number of hydrogen-bond donors (Lipinski definition) is 0. The van der Waals surface area contributed by atoms with Gasteiger partial charge in [-0.2, -0.15) is 19.4 Å². The van der Waals surface area contributed by atoms with Crippen molar-refractivity contribution in [1.82, 2.24) is 19.2 Å². The third kappa shape index (κ3) is 4.68. The van der Waals surface area contributed by atoms with E-state index in [4.69, 9.17) is 0 Å². The van der Waals surface area contributed by atoms with Gasteiger partial charge in [-0.15, -0.1) is 0 Å². The van der Waals surface area contributed by atoms with Gasteiger partial charge in [0.1, 0.15) is 0 Å². The predicted molar refractivity (Wildman–Crippen MR) is 236 cm³/mol.